The first-order valence-electron chi connectivity index (χ1n) is 6.76. The predicted molar refractivity (Wildman–Crippen MR) is 68.8 cm³/mol. The second kappa shape index (κ2) is 8.04. The highest BCUT2D eigenvalue weighted by Gasteiger charge is 2.27. The van der Waals surface area contributed by atoms with Crippen molar-refractivity contribution in [2.45, 2.75) is 39.2 Å². The van der Waals surface area contributed by atoms with Gasteiger partial charge in [-0.1, -0.05) is 20.3 Å². The van der Waals surface area contributed by atoms with Crippen LogP contribution < -0.4 is 5.32 Å². The molecule has 1 fully saturated rings. The van der Waals surface area contributed by atoms with E-state index in [0.717, 1.165) is 38.2 Å². The van der Waals surface area contributed by atoms with E-state index in [0.29, 0.717) is 0 Å². The third kappa shape index (κ3) is 4.40. The first kappa shape index (κ1) is 13.9. The van der Waals surface area contributed by atoms with Gasteiger partial charge in [0.25, 0.3) is 0 Å². The summed E-state index contributed by atoms with van der Waals surface area (Å²) in [6.07, 6.45) is 4.14. The minimum absolute atomic E-state index is 0.751. The van der Waals surface area contributed by atoms with E-state index in [-0.39, 0.29) is 0 Å². The van der Waals surface area contributed by atoms with Gasteiger partial charge >= 0.3 is 0 Å². The average Bonchev–Trinajstić information content (AvgIpc) is 2.72. The molecule has 16 heavy (non-hydrogen) atoms. The molecule has 0 spiro atoms. The van der Waals surface area contributed by atoms with Crippen molar-refractivity contribution in [1.29, 1.82) is 0 Å². The van der Waals surface area contributed by atoms with E-state index < -0.39 is 0 Å². The van der Waals surface area contributed by atoms with Gasteiger partial charge in [0.1, 0.15) is 0 Å². The fraction of sp³-hybridized carbons (Fsp3) is 1.00. The summed E-state index contributed by atoms with van der Waals surface area (Å²) in [6.45, 7) is 9.85. The van der Waals surface area contributed by atoms with Crippen molar-refractivity contribution in [2.24, 2.45) is 5.92 Å². The van der Waals surface area contributed by atoms with E-state index in [4.69, 9.17) is 4.74 Å². The Kier molecular flexibility index (Phi) is 7.01. The smallest absolute Gasteiger partial charge is 0.0589 e. The Labute approximate surface area is 101 Å². The zero-order valence-corrected chi connectivity index (χ0v) is 11.2. The molecule has 0 heterocycles. The summed E-state index contributed by atoms with van der Waals surface area (Å²) < 4.78 is 5.16. The number of methoxy groups -OCH3 is 1. The number of rotatable bonds is 8. The van der Waals surface area contributed by atoms with Gasteiger partial charge in [-0.3, -0.25) is 0 Å². The molecule has 0 aromatic heterocycles. The third-order valence-electron chi connectivity index (χ3n) is 3.68. The van der Waals surface area contributed by atoms with Gasteiger partial charge in [-0.15, -0.1) is 0 Å². The molecule has 0 aliphatic heterocycles. The fourth-order valence-electron chi connectivity index (χ4n) is 2.72. The van der Waals surface area contributed by atoms with Crippen molar-refractivity contribution in [3.05, 3.63) is 0 Å². The molecule has 1 rings (SSSR count). The highest BCUT2D eigenvalue weighted by Crippen LogP contribution is 2.26. The van der Waals surface area contributed by atoms with Crippen molar-refractivity contribution in [1.82, 2.24) is 10.2 Å². The number of nitrogens with zero attached hydrogens (tertiary/aromatic N) is 1. The maximum Gasteiger partial charge on any atom is 0.0589 e. The van der Waals surface area contributed by atoms with Crippen molar-refractivity contribution < 1.29 is 4.74 Å². The highest BCUT2D eigenvalue weighted by molar-refractivity contribution is 4.84. The Morgan fingerprint density at radius 2 is 2.12 bits per heavy atom. The van der Waals surface area contributed by atoms with E-state index >= 15 is 0 Å². The van der Waals surface area contributed by atoms with E-state index in [9.17, 15) is 0 Å². The molecule has 1 aliphatic carbocycles. The lowest BCUT2D eigenvalue weighted by Crippen LogP contribution is -2.40. The molecule has 2 atom stereocenters. The fourth-order valence-corrected chi connectivity index (χ4v) is 2.72. The van der Waals surface area contributed by atoms with Crippen LogP contribution in [-0.4, -0.2) is 50.8 Å². The molecular formula is C13H28N2O. The first-order valence-corrected chi connectivity index (χ1v) is 6.76. The number of hydrogen-bond donors (Lipinski definition) is 1. The van der Waals surface area contributed by atoms with E-state index in [1.807, 2.05) is 0 Å². The number of likely N-dealkylation sites (N-methyl/N-ethyl adjacent to an activating group) is 1. The monoisotopic (exact) mass is 228 g/mol. The summed E-state index contributed by atoms with van der Waals surface area (Å²) >= 11 is 0. The van der Waals surface area contributed by atoms with Gasteiger partial charge in [0.2, 0.25) is 0 Å². The van der Waals surface area contributed by atoms with Crippen LogP contribution in [-0.2, 0) is 4.74 Å². The van der Waals surface area contributed by atoms with Crippen LogP contribution in [0.25, 0.3) is 0 Å². The maximum absolute atomic E-state index is 5.16. The molecule has 3 heteroatoms. The summed E-state index contributed by atoms with van der Waals surface area (Å²) in [6, 6.07) is 0.751. The second-order valence-electron chi connectivity index (χ2n) is 4.74. The van der Waals surface area contributed by atoms with Crippen molar-refractivity contribution in [3.8, 4) is 0 Å². The Morgan fingerprint density at radius 1 is 1.31 bits per heavy atom. The van der Waals surface area contributed by atoms with Gasteiger partial charge in [-0.2, -0.15) is 0 Å². The van der Waals surface area contributed by atoms with Crippen LogP contribution in [0, 0.1) is 5.92 Å². The minimum atomic E-state index is 0.751. The molecule has 3 nitrogen and oxygen atoms in total. The standard InChI is InChI=1S/C13H28N2O/c1-4-14-13-8-6-7-12(13)11-15(5-2)9-10-16-3/h12-14H,4-11H2,1-3H3. The van der Waals surface area contributed by atoms with Crippen LogP contribution >= 0.6 is 0 Å². The van der Waals surface area contributed by atoms with Crippen LogP contribution in [0.5, 0.6) is 0 Å². The Morgan fingerprint density at radius 3 is 2.75 bits per heavy atom. The predicted octanol–water partition coefficient (Wildman–Crippen LogP) is 1.73. The van der Waals surface area contributed by atoms with Crippen LogP contribution in [0.4, 0.5) is 0 Å². The summed E-state index contributed by atoms with van der Waals surface area (Å²) in [5, 5.41) is 3.62. The molecule has 0 saturated heterocycles. The van der Waals surface area contributed by atoms with Gasteiger partial charge in [0, 0.05) is 26.2 Å². The lowest BCUT2D eigenvalue weighted by molar-refractivity contribution is 0.136. The third-order valence-corrected chi connectivity index (χ3v) is 3.68. The summed E-state index contributed by atoms with van der Waals surface area (Å²) in [5.41, 5.74) is 0. The summed E-state index contributed by atoms with van der Waals surface area (Å²) in [7, 11) is 1.78. The van der Waals surface area contributed by atoms with Gasteiger partial charge in [0.05, 0.1) is 6.61 Å². The molecule has 0 radical (unpaired) electrons. The SMILES string of the molecule is CCNC1CCCC1CN(CC)CCOC. The lowest BCUT2D eigenvalue weighted by atomic mass is 10.0. The summed E-state index contributed by atoms with van der Waals surface area (Å²) in [4.78, 5) is 2.52. The molecule has 1 saturated carbocycles. The highest BCUT2D eigenvalue weighted by atomic mass is 16.5. The van der Waals surface area contributed by atoms with Crippen LogP contribution in [0.1, 0.15) is 33.1 Å². The van der Waals surface area contributed by atoms with Crippen molar-refractivity contribution >= 4 is 0 Å². The molecule has 0 amide bonds. The number of ether oxygens (including phenoxy) is 1. The van der Waals surface area contributed by atoms with Crippen molar-refractivity contribution in [3.63, 3.8) is 0 Å². The summed E-state index contributed by atoms with van der Waals surface area (Å²) in [5.74, 6) is 0.844. The van der Waals surface area contributed by atoms with Gasteiger partial charge in [-0.25, -0.2) is 0 Å². The normalized spacial score (nSPS) is 25.5. The van der Waals surface area contributed by atoms with Crippen LogP contribution in [0.3, 0.4) is 0 Å². The molecule has 0 bridgehead atoms. The van der Waals surface area contributed by atoms with Gasteiger partial charge < -0.3 is 15.0 Å². The Bertz CT molecular complexity index is 175. The zero-order chi connectivity index (χ0) is 11.8. The number of hydrogen-bond acceptors (Lipinski definition) is 3. The molecule has 0 aromatic rings. The molecule has 0 aromatic carbocycles. The zero-order valence-electron chi connectivity index (χ0n) is 11.2. The largest absolute Gasteiger partial charge is 0.383 e. The number of nitrogens with one attached hydrogen (secondary N) is 1. The first-order chi connectivity index (χ1) is 7.81. The molecule has 2 unspecified atom stereocenters. The Hall–Kier alpha value is -0.120. The molecule has 1 N–H and O–H groups in total. The molecule has 96 valence electrons. The van der Waals surface area contributed by atoms with E-state index in [2.05, 4.69) is 24.1 Å². The lowest BCUT2D eigenvalue weighted by Gasteiger charge is -2.27. The molecular weight excluding hydrogens is 200 g/mol. The van der Waals surface area contributed by atoms with Gasteiger partial charge in [-0.05, 0) is 31.8 Å². The molecule has 1 aliphatic rings. The minimum Gasteiger partial charge on any atom is -0.383 e. The van der Waals surface area contributed by atoms with Gasteiger partial charge in [0.15, 0.2) is 0 Å². The van der Waals surface area contributed by atoms with Crippen molar-refractivity contribution in [2.75, 3.05) is 39.9 Å². The topological polar surface area (TPSA) is 24.5 Å². The Balaban J connectivity index is 2.31. The maximum atomic E-state index is 5.16. The van der Waals surface area contributed by atoms with E-state index in [1.165, 1.54) is 25.8 Å². The average molecular weight is 228 g/mol. The second-order valence-corrected chi connectivity index (χ2v) is 4.74. The van der Waals surface area contributed by atoms with E-state index in [1.54, 1.807) is 7.11 Å². The van der Waals surface area contributed by atoms with Crippen LogP contribution in [0.2, 0.25) is 0 Å². The van der Waals surface area contributed by atoms with Crippen LogP contribution in [0.15, 0.2) is 0 Å². The quantitative estimate of drug-likeness (QED) is 0.685.